The van der Waals surface area contributed by atoms with Crippen LogP contribution < -0.4 is 4.90 Å². The topological polar surface area (TPSA) is 27.2 Å². The van der Waals surface area contributed by atoms with Gasteiger partial charge in [-0.1, -0.05) is 60.7 Å². The van der Waals surface area contributed by atoms with Crippen molar-refractivity contribution in [2.24, 2.45) is 7.05 Å². The average Bonchev–Trinajstić information content (AvgIpc) is 2.98. The van der Waals surface area contributed by atoms with Gasteiger partial charge in [0, 0.05) is 19.9 Å². The van der Waals surface area contributed by atoms with Crippen molar-refractivity contribution in [3.8, 4) is 0 Å². The zero-order valence-electron chi connectivity index (χ0n) is 15.6. The molecule has 0 saturated heterocycles. The molecule has 0 amide bonds. The summed E-state index contributed by atoms with van der Waals surface area (Å²) in [6.07, 6.45) is 4.27. The van der Waals surface area contributed by atoms with Crippen LogP contribution in [0.1, 0.15) is 23.4 Å². The largest absolute Gasteiger partial charge is 0.313 e. The van der Waals surface area contributed by atoms with Crippen molar-refractivity contribution in [3.05, 3.63) is 88.5 Å². The first-order chi connectivity index (χ1) is 13.2. The molecule has 1 aliphatic heterocycles. The SMILES string of the molecule is Cn1c(Cc2ccccc2)nn(C[NH+]2CC=C(c3ccccc3)CC2)c1=S. The van der Waals surface area contributed by atoms with Gasteiger partial charge in [0.1, 0.15) is 5.82 Å². The first kappa shape index (κ1) is 17.9. The van der Waals surface area contributed by atoms with Gasteiger partial charge in [0.2, 0.25) is 4.77 Å². The van der Waals surface area contributed by atoms with E-state index in [1.165, 1.54) is 21.6 Å². The molecule has 0 fully saturated rings. The van der Waals surface area contributed by atoms with Gasteiger partial charge < -0.3 is 9.47 Å². The molecule has 0 spiro atoms. The van der Waals surface area contributed by atoms with Crippen LogP contribution in [0.5, 0.6) is 0 Å². The van der Waals surface area contributed by atoms with E-state index in [0.29, 0.717) is 0 Å². The van der Waals surface area contributed by atoms with Crippen LogP contribution in [0.4, 0.5) is 0 Å². The summed E-state index contributed by atoms with van der Waals surface area (Å²) in [6, 6.07) is 21.1. The molecule has 27 heavy (non-hydrogen) atoms. The Morgan fingerprint density at radius 3 is 2.41 bits per heavy atom. The molecule has 0 aliphatic carbocycles. The van der Waals surface area contributed by atoms with Gasteiger partial charge in [-0.05, 0) is 35.0 Å². The standard InChI is InChI=1S/C22H24N4S/c1-24-21(16-18-8-4-2-5-9-18)23-26(22(24)27)17-25-14-12-20(13-15-25)19-10-6-3-7-11-19/h2-12H,13-17H2,1H3/p+1. The van der Waals surface area contributed by atoms with Crippen LogP contribution in [0, 0.1) is 4.77 Å². The van der Waals surface area contributed by atoms with Crippen LogP contribution in [0.2, 0.25) is 0 Å². The number of benzene rings is 2. The van der Waals surface area contributed by atoms with Crippen LogP contribution in [0.25, 0.3) is 5.57 Å². The molecule has 138 valence electrons. The van der Waals surface area contributed by atoms with Gasteiger partial charge >= 0.3 is 0 Å². The lowest BCUT2D eigenvalue weighted by atomic mass is 10.00. The highest BCUT2D eigenvalue weighted by molar-refractivity contribution is 7.71. The van der Waals surface area contributed by atoms with Crippen LogP contribution >= 0.6 is 12.2 Å². The fourth-order valence-corrected chi connectivity index (χ4v) is 3.83. The van der Waals surface area contributed by atoms with E-state index in [9.17, 15) is 0 Å². The fourth-order valence-electron chi connectivity index (χ4n) is 3.62. The highest BCUT2D eigenvalue weighted by Gasteiger charge is 2.18. The Morgan fingerprint density at radius 1 is 1.04 bits per heavy atom. The molecule has 4 nitrogen and oxygen atoms in total. The van der Waals surface area contributed by atoms with E-state index in [1.807, 2.05) is 22.4 Å². The van der Waals surface area contributed by atoms with Crippen molar-refractivity contribution >= 4 is 17.8 Å². The molecule has 0 bridgehead atoms. The second kappa shape index (κ2) is 8.03. The molecule has 1 unspecified atom stereocenters. The third-order valence-electron chi connectivity index (χ3n) is 5.24. The number of hydrogen-bond acceptors (Lipinski definition) is 2. The zero-order valence-corrected chi connectivity index (χ0v) is 16.5. The number of rotatable bonds is 5. The molecule has 4 rings (SSSR count). The van der Waals surface area contributed by atoms with Gasteiger partial charge in [-0.3, -0.25) is 0 Å². The Hall–Kier alpha value is -2.50. The molecule has 1 aliphatic rings. The number of quaternary nitrogens is 1. The van der Waals surface area contributed by atoms with Crippen molar-refractivity contribution in [2.75, 3.05) is 13.1 Å². The molecule has 1 aromatic heterocycles. The van der Waals surface area contributed by atoms with Gasteiger partial charge in [-0.15, -0.1) is 0 Å². The quantitative estimate of drug-likeness (QED) is 0.693. The van der Waals surface area contributed by atoms with Crippen LogP contribution in [0.3, 0.4) is 0 Å². The minimum Gasteiger partial charge on any atom is -0.313 e. The molecule has 0 radical (unpaired) electrons. The van der Waals surface area contributed by atoms with E-state index >= 15 is 0 Å². The molecule has 0 saturated carbocycles. The van der Waals surface area contributed by atoms with E-state index in [-0.39, 0.29) is 0 Å². The van der Waals surface area contributed by atoms with Crippen LogP contribution in [-0.2, 0) is 20.1 Å². The predicted molar refractivity (Wildman–Crippen MR) is 111 cm³/mol. The number of hydrogen-bond donors (Lipinski definition) is 1. The summed E-state index contributed by atoms with van der Waals surface area (Å²) < 4.78 is 4.83. The van der Waals surface area contributed by atoms with E-state index in [4.69, 9.17) is 17.3 Å². The lowest BCUT2D eigenvalue weighted by Gasteiger charge is -2.23. The molecule has 5 heteroatoms. The minimum absolute atomic E-state index is 0.797. The van der Waals surface area contributed by atoms with Crippen LogP contribution in [-0.4, -0.2) is 27.4 Å². The molecule has 1 atom stereocenters. The smallest absolute Gasteiger partial charge is 0.202 e. The summed E-state index contributed by atoms with van der Waals surface area (Å²) in [5.74, 6) is 1.02. The van der Waals surface area contributed by atoms with E-state index in [1.54, 1.807) is 0 Å². The van der Waals surface area contributed by atoms with Crippen LogP contribution in [0.15, 0.2) is 66.7 Å². The molecule has 3 aromatic rings. The Morgan fingerprint density at radius 2 is 1.74 bits per heavy atom. The average molecular weight is 378 g/mol. The molecular formula is C22H25N4S+. The summed E-state index contributed by atoms with van der Waals surface area (Å²) in [5, 5.41) is 4.81. The van der Waals surface area contributed by atoms with Gasteiger partial charge in [0.05, 0.1) is 13.1 Å². The Kier molecular flexibility index (Phi) is 5.32. The van der Waals surface area contributed by atoms with E-state index in [0.717, 1.165) is 43.2 Å². The van der Waals surface area contributed by atoms with E-state index < -0.39 is 0 Å². The maximum absolute atomic E-state index is 5.63. The van der Waals surface area contributed by atoms with Crippen molar-refractivity contribution < 1.29 is 4.90 Å². The summed E-state index contributed by atoms with van der Waals surface area (Å²) in [7, 11) is 2.02. The number of nitrogens with one attached hydrogen (secondary N) is 1. The Balaban J connectivity index is 1.45. The first-order valence-corrected chi connectivity index (χ1v) is 9.86. The number of aromatic nitrogens is 3. The maximum Gasteiger partial charge on any atom is 0.202 e. The maximum atomic E-state index is 5.63. The Bertz CT molecular complexity index is 986. The lowest BCUT2D eigenvalue weighted by Crippen LogP contribution is -3.11. The van der Waals surface area contributed by atoms with Crippen molar-refractivity contribution in [1.29, 1.82) is 0 Å². The Labute approximate surface area is 165 Å². The van der Waals surface area contributed by atoms with Gasteiger partial charge in [0.25, 0.3) is 0 Å². The monoisotopic (exact) mass is 377 g/mol. The highest BCUT2D eigenvalue weighted by atomic mass is 32.1. The second-order valence-corrected chi connectivity index (χ2v) is 7.49. The number of nitrogens with zero attached hydrogens (tertiary/aromatic N) is 3. The van der Waals surface area contributed by atoms with Gasteiger partial charge in [0.15, 0.2) is 6.67 Å². The molecule has 2 heterocycles. The highest BCUT2D eigenvalue weighted by Crippen LogP contribution is 2.17. The fraction of sp³-hybridized carbons (Fsp3) is 0.273. The third-order valence-corrected chi connectivity index (χ3v) is 5.72. The second-order valence-electron chi connectivity index (χ2n) is 7.13. The predicted octanol–water partition coefficient (Wildman–Crippen LogP) is 2.87. The van der Waals surface area contributed by atoms with Gasteiger partial charge in [-0.25, -0.2) is 0 Å². The van der Waals surface area contributed by atoms with E-state index in [2.05, 4.69) is 60.7 Å². The molecular weight excluding hydrogens is 352 g/mol. The molecule has 2 aromatic carbocycles. The third kappa shape index (κ3) is 4.10. The zero-order chi connectivity index (χ0) is 18.6. The summed E-state index contributed by atoms with van der Waals surface area (Å²) in [5.41, 5.74) is 4.05. The van der Waals surface area contributed by atoms with Crippen molar-refractivity contribution in [3.63, 3.8) is 0 Å². The minimum atomic E-state index is 0.797. The summed E-state index contributed by atoms with van der Waals surface area (Å²) in [4.78, 5) is 1.50. The van der Waals surface area contributed by atoms with Gasteiger partial charge in [-0.2, -0.15) is 9.78 Å². The van der Waals surface area contributed by atoms with Crippen molar-refractivity contribution in [2.45, 2.75) is 19.5 Å². The summed E-state index contributed by atoms with van der Waals surface area (Å²) in [6.45, 7) is 2.93. The van der Waals surface area contributed by atoms with Crippen molar-refractivity contribution in [1.82, 2.24) is 14.3 Å². The lowest BCUT2D eigenvalue weighted by molar-refractivity contribution is -0.918. The first-order valence-electron chi connectivity index (χ1n) is 9.45. The molecule has 1 N–H and O–H groups in total. The summed E-state index contributed by atoms with van der Waals surface area (Å²) >= 11 is 5.63. The normalized spacial score (nSPS) is 16.9.